The van der Waals surface area contributed by atoms with E-state index in [0.717, 1.165) is 12.8 Å². The molecule has 1 aliphatic rings. The molecule has 0 amide bonds. The zero-order valence-corrected chi connectivity index (χ0v) is 16.3. The highest BCUT2D eigenvalue weighted by molar-refractivity contribution is 5.85. The van der Waals surface area contributed by atoms with Crippen molar-refractivity contribution < 1.29 is 29.6 Å². The monoisotopic (exact) mass is 380 g/mol. The van der Waals surface area contributed by atoms with Crippen LogP contribution in [0.4, 0.5) is 0 Å². The van der Waals surface area contributed by atoms with E-state index in [1.165, 1.54) is 0 Å². The molecule has 0 aromatic carbocycles. The van der Waals surface area contributed by atoms with Crippen LogP contribution < -0.4 is 0 Å². The Morgan fingerprint density at radius 2 is 2.15 bits per heavy atom. The molecule has 4 atom stereocenters. The van der Waals surface area contributed by atoms with Gasteiger partial charge < -0.3 is 20.1 Å². The fraction of sp³-hybridized carbons (Fsp3) is 0.714. The predicted octanol–water partition coefficient (Wildman–Crippen LogP) is 1.41. The van der Waals surface area contributed by atoms with Gasteiger partial charge in [-0.2, -0.15) is 0 Å². The number of Topliss-reactive ketones (excluding diaryl/α,β-unsaturated/α-hetero) is 2. The zero-order valence-electron chi connectivity index (χ0n) is 16.3. The molecule has 1 rings (SSSR count). The fourth-order valence-corrected chi connectivity index (χ4v) is 3.12. The van der Waals surface area contributed by atoms with Crippen molar-refractivity contribution >= 4 is 11.6 Å². The standard InChI is InChI=1S/C21H32O6/c1-3-4-10-21(2,26)11-7-9-18-17(19(24)13-20(18)25)8-5-6-12-27-15-16(23)14-22/h7,9,17-18,20,22,25-26H,3-4,8,10-15H2,1-2H3/b9-7+. The largest absolute Gasteiger partial charge is 0.392 e. The summed E-state index contributed by atoms with van der Waals surface area (Å²) in [5, 5.41) is 29.1. The van der Waals surface area contributed by atoms with Crippen molar-refractivity contribution in [2.45, 2.75) is 64.1 Å². The van der Waals surface area contributed by atoms with Gasteiger partial charge in [0, 0.05) is 24.7 Å². The Hall–Kier alpha value is -1.52. The van der Waals surface area contributed by atoms with Crippen LogP contribution in [0.2, 0.25) is 0 Å². The molecule has 6 heteroatoms. The van der Waals surface area contributed by atoms with E-state index in [-0.39, 0.29) is 37.3 Å². The van der Waals surface area contributed by atoms with Gasteiger partial charge in [-0.05, 0) is 19.8 Å². The molecule has 1 aliphatic carbocycles. The van der Waals surface area contributed by atoms with Crippen molar-refractivity contribution in [3.8, 4) is 11.8 Å². The van der Waals surface area contributed by atoms with E-state index >= 15 is 0 Å². The highest BCUT2D eigenvalue weighted by atomic mass is 16.5. The molecular weight excluding hydrogens is 348 g/mol. The maximum atomic E-state index is 12.1. The number of carbonyl (C=O) groups excluding carboxylic acids is 2. The summed E-state index contributed by atoms with van der Waals surface area (Å²) in [5.74, 6) is 4.52. The fourth-order valence-electron chi connectivity index (χ4n) is 3.12. The number of carbonyl (C=O) groups is 2. The molecule has 152 valence electrons. The normalized spacial score (nSPS) is 24.6. The van der Waals surface area contributed by atoms with Crippen molar-refractivity contribution in [3.05, 3.63) is 12.2 Å². The maximum Gasteiger partial charge on any atom is 0.183 e. The Morgan fingerprint density at radius 3 is 2.81 bits per heavy atom. The summed E-state index contributed by atoms with van der Waals surface area (Å²) in [4.78, 5) is 23.0. The van der Waals surface area contributed by atoms with Crippen LogP contribution in [0.5, 0.6) is 0 Å². The van der Waals surface area contributed by atoms with Crippen LogP contribution in [0, 0.1) is 23.7 Å². The highest BCUT2D eigenvalue weighted by Gasteiger charge is 2.39. The second-order valence-corrected chi connectivity index (χ2v) is 7.40. The van der Waals surface area contributed by atoms with E-state index in [2.05, 4.69) is 18.8 Å². The lowest BCUT2D eigenvalue weighted by atomic mass is 9.89. The van der Waals surface area contributed by atoms with Crippen LogP contribution in [-0.2, 0) is 14.3 Å². The van der Waals surface area contributed by atoms with E-state index < -0.39 is 24.1 Å². The van der Waals surface area contributed by atoms with Gasteiger partial charge in [-0.15, -0.1) is 5.92 Å². The second-order valence-electron chi connectivity index (χ2n) is 7.40. The lowest BCUT2D eigenvalue weighted by Gasteiger charge is -2.22. The topological polar surface area (TPSA) is 104 Å². The van der Waals surface area contributed by atoms with Gasteiger partial charge in [0.15, 0.2) is 5.78 Å². The third-order valence-electron chi connectivity index (χ3n) is 4.78. The van der Waals surface area contributed by atoms with Crippen molar-refractivity contribution in [2.75, 3.05) is 19.8 Å². The van der Waals surface area contributed by atoms with E-state index in [1.807, 2.05) is 12.2 Å². The molecular formula is C21H32O6. The molecule has 6 nitrogen and oxygen atoms in total. The summed E-state index contributed by atoms with van der Waals surface area (Å²) in [6, 6.07) is 0. The summed E-state index contributed by atoms with van der Waals surface area (Å²) < 4.78 is 5.00. The van der Waals surface area contributed by atoms with Gasteiger partial charge in [-0.3, -0.25) is 9.59 Å². The first-order chi connectivity index (χ1) is 12.8. The van der Waals surface area contributed by atoms with E-state index in [4.69, 9.17) is 9.84 Å². The smallest absolute Gasteiger partial charge is 0.183 e. The predicted molar refractivity (Wildman–Crippen MR) is 102 cm³/mol. The van der Waals surface area contributed by atoms with Crippen LogP contribution in [0.25, 0.3) is 0 Å². The molecule has 0 radical (unpaired) electrons. The molecule has 0 aliphatic heterocycles. The van der Waals surface area contributed by atoms with Gasteiger partial charge in [-0.25, -0.2) is 0 Å². The Labute approximate surface area is 161 Å². The number of ketones is 2. The molecule has 1 saturated carbocycles. The third kappa shape index (κ3) is 8.81. The molecule has 27 heavy (non-hydrogen) atoms. The summed E-state index contributed by atoms with van der Waals surface area (Å²) >= 11 is 0. The van der Waals surface area contributed by atoms with Gasteiger partial charge in [-0.1, -0.05) is 37.8 Å². The SMILES string of the molecule is CCCCC(C)(O)C/C=C/C1C(O)CC(=O)C1CC#CCOCC(=O)CO. The highest BCUT2D eigenvalue weighted by Crippen LogP contribution is 2.33. The molecule has 4 unspecified atom stereocenters. The lowest BCUT2D eigenvalue weighted by Crippen LogP contribution is -2.23. The molecule has 0 aromatic heterocycles. The first kappa shape index (κ1) is 23.5. The third-order valence-corrected chi connectivity index (χ3v) is 4.78. The molecule has 1 fully saturated rings. The molecule has 0 bridgehead atoms. The molecule has 0 spiro atoms. The minimum absolute atomic E-state index is 0.0134. The Balaban J connectivity index is 2.54. The van der Waals surface area contributed by atoms with Gasteiger partial charge in [0.05, 0.1) is 11.7 Å². The van der Waals surface area contributed by atoms with Gasteiger partial charge in [0.25, 0.3) is 0 Å². The number of hydrogen-bond donors (Lipinski definition) is 3. The maximum absolute atomic E-state index is 12.1. The average Bonchev–Trinajstić information content (AvgIpc) is 2.89. The number of aliphatic hydroxyl groups is 3. The minimum atomic E-state index is -0.779. The van der Waals surface area contributed by atoms with Crippen LogP contribution in [0.15, 0.2) is 12.2 Å². The van der Waals surface area contributed by atoms with E-state index in [1.54, 1.807) is 6.92 Å². The molecule has 0 aromatic rings. The Bertz CT molecular complexity index is 569. The van der Waals surface area contributed by atoms with Crippen LogP contribution in [0.3, 0.4) is 0 Å². The van der Waals surface area contributed by atoms with Crippen LogP contribution in [0.1, 0.15) is 52.4 Å². The molecule has 3 N–H and O–H groups in total. The first-order valence-electron chi connectivity index (χ1n) is 9.56. The Kier molecular flexibility index (Phi) is 10.5. The first-order valence-corrected chi connectivity index (χ1v) is 9.56. The summed E-state index contributed by atoms with van der Waals surface area (Å²) in [6.07, 6.45) is 6.57. The van der Waals surface area contributed by atoms with Gasteiger partial charge in [0.1, 0.15) is 25.6 Å². The van der Waals surface area contributed by atoms with Gasteiger partial charge in [0.2, 0.25) is 0 Å². The quantitative estimate of drug-likeness (QED) is 0.284. The van der Waals surface area contributed by atoms with Crippen LogP contribution in [-0.4, -0.2) is 58.4 Å². The molecule has 0 saturated heterocycles. The van der Waals surface area contributed by atoms with Crippen molar-refractivity contribution in [1.29, 1.82) is 0 Å². The molecule has 0 heterocycles. The number of ether oxygens (including phenoxy) is 1. The Morgan fingerprint density at radius 1 is 1.41 bits per heavy atom. The minimum Gasteiger partial charge on any atom is -0.392 e. The zero-order chi connectivity index (χ0) is 20.3. The number of unbranched alkanes of at least 4 members (excludes halogenated alkanes) is 1. The summed E-state index contributed by atoms with van der Waals surface area (Å²) in [6.45, 7) is 3.19. The number of hydrogen-bond acceptors (Lipinski definition) is 6. The summed E-state index contributed by atoms with van der Waals surface area (Å²) in [7, 11) is 0. The van der Waals surface area contributed by atoms with Crippen LogP contribution >= 0.6 is 0 Å². The second kappa shape index (κ2) is 12.0. The van der Waals surface area contributed by atoms with E-state index in [0.29, 0.717) is 19.3 Å². The number of aliphatic hydroxyl groups excluding tert-OH is 2. The lowest BCUT2D eigenvalue weighted by molar-refractivity contribution is -0.125. The van der Waals surface area contributed by atoms with Crippen molar-refractivity contribution in [2.24, 2.45) is 11.8 Å². The summed E-state index contributed by atoms with van der Waals surface area (Å²) in [5.41, 5.74) is -0.779. The average molecular weight is 380 g/mol. The van der Waals surface area contributed by atoms with E-state index in [9.17, 15) is 19.8 Å². The number of rotatable bonds is 11. The van der Waals surface area contributed by atoms with Gasteiger partial charge >= 0.3 is 0 Å². The van der Waals surface area contributed by atoms with Crippen molar-refractivity contribution in [3.63, 3.8) is 0 Å². The van der Waals surface area contributed by atoms with Crippen molar-refractivity contribution in [1.82, 2.24) is 0 Å².